The summed E-state index contributed by atoms with van der Waals surface area (Å²) < 4.78 is 11.4. The second kappa shape index (κ2) is 11.7. The molecule has 0 aromatic heterocycles. The first-order chi connectivity index (χ1) is 13.5. The van der Waals surface area contributed by atoms with Gasteiger partial charge in [-0.25, -0.2) is 0 Å². The maximum Gasteiger partial charge on any atom is 0.251 e. The highest BCUT2D eigenvalue weighted by molar-refractivity contribution is 5.96. The summed E-state index contributed by atoms with van der Waals surface area (Å²) in [6.45, 7) is 7.14. The Morgan fingerprint density at radius 1 is 1.11 bits per heavy atom. The summed E-state index contributed by atoms with van der Waals surface area (Å²) in [7, 11) is 0. The fraction of sp³-hybridized carbons (Fsp3) is 0.636. The number of benzene rings is 1. The number of rotatable bonds is 11. The maximum atomic E-state index is 12.2. The molecule has 0 spiro atoms. The van der Waals surface area contributed by atoms with Crippen molar-refractivity contribution in [2.75, 3.05) is 19.7 Å². The zero-order valence-electron chi connectivity index (χ0n) is 17.3. The van der Waals surface area contributed by atoms with Gasteiger partial charge in [0.25, 0.3) is 5.91 Å². The first-order valence-electron chi connectivity index (χ1n) is 10.4. The zero-order chi connectivity index (χ0) is 20.4. The lowest BCUT2D eigenvalue weighted by Gasteiger charge is -2.23. The molecule has 0 heterocycles. The van der Waals surface area contributed by atoms with Gasteiger partial charge in [-0.1, -0.05) is 12.8 Å². The minimum atomic E-state index is -0.274. The van der Waals surface area contributed by atoms with Crippen molar-refractivity contribution in [3.63, 3.8) is 0 Å². The second-order valence-corrected chi connectivity index (χ2v) is 7.55. The third kappa shape index (κ3) is 7.50. The van der Waals surface area contributed by atoms with Crippen molar-refractivity contribution in [1.29, 1.82) is 0 Å². The van der Waals surface area contributed by atoms with Crippen LogP contribution < -0.4 is 15.4 Å². The highest BCUT2D eigenvalue weighted by Gasteiger charge is 2.25. The third-order valence-electron chi connectivity index (χ3n) is 4.96. The molecule has 1 atom stereocenters. The SMILES string of the molecule is CCO[C@@H](CCNC(=O)CNC(=O)c1ccc(OC(C)C)cc1)C1CCCC1. The largest absolute Gasteiger partial charge is 0.491 e. The molecule has 6 heteroatoms. The van der Waals surface area contributed by atoms with Crippen molar-refractivity contribution in [2.24, 2.45) is 5.92 Å². The van der Waals surface area contributed by atoms with Crippen LogP contribution in [0.5, 0.6) is 5.75 Å². The van der Waals surface area contributed by atoms with Gasteiger partial charge in [-0.3, -0.25) is 9.59 Å². The molecule has 0 radical (unpaired) electrons. The van der Waals surface area contributed by atoms with E-state index in [0.717, 1.165) is 12.2 Å². The summed E-state index contributed by atoms with van der Waals surface area (Å²) in [5.41, 5.74) is 0.501. The Labute approximate surface area is 168 Å². The smallest absolute Gasteiger partial charge is 0.251 e. The summed E-state index contributed by atoms with van der Waals surface area (Å²) in [5, 5.41) is 5.53. The lowest BCUT2D eigenvalue weighted by atomic mass is 9.98. The van der Waals surface area contributed by atoms with Crippen molar-refractivity contribution < 1.29 is 19.1 Å². The van der Waals surface area contributed by atoms with E-state index in [9.17, 15) is 9.59 Å². The molecule has 1 aromatic carbocycles. The minimum Gasteiger partial charge on any atom is -0.491 e. The fourth-order valence-electron chi connectivity index (χ4n) is 3.63. The van der Waals surface area contributed by atoms with Gasteiger partial charge >= 0.3 is 0 Å². The lowest BCUT2D eigenvalue weighted by molar-refractivity contribution is -0.120. The van der Waals surface area contributed by atoms with Crippen LogP contribution in [0.3, 0.4) is 0 Å². The van der Waals surface area contributed by atoms with E-state index in [1.807, 2.05) is 20.8 Å². The van der Waals surface area contributed by atoms with Gasteiger partial charge in [0.15, 0.2) is 0 Å². The predicted octanol–water partition coefficient (Wildman–Crippen LogP) is 3.31. The molecule has 28 heavy (non-hydrogen) atoms. The van der Waals surface area contributed by atoms with Gasteiger partial charge in [-0.2, -0.15) is 0 Å². The molecule has 6 nitrogen and oxygen atoms in total. The van der Waals surface area contributed by atoms with E-state index in [1.165, 1.54) is 25.7 Å². The van der Waals surface area contributed by atoms with E-state index in [0.29, 0.717) is 24.6 Å². The molecular weight excluding hydrogens is 356 g/mol. The van der Waals surface area contributed by atoms with E-state index in [4.69, 9.17) is 9.47 Å². The minimum absolute atomic E-state index is 0.0359. The Morgan fingerprint density at radius 2 is 1.79 bits per heavy atom. The average molecular weight is 391 g/mol. The fourth-order valence-corrected chi connectivity index (χ4v) is 3.63. The van der Waals surface area contributed by atoms with Crippen LogP contribution in [0.1, 0.15) is 63.2 Å². The molecule has 1 aliphatic rings. The molecule has 1 aromatic rings. The van der Waals surface area contributed by atoms with Crippen LogP contribution in [0.25, 0.3) is 0 Å². The number of carbonyl (C=O) groups excluding carboxylic acids is 2. The van der Waals surface area contributed by atoms with Crippen molar-refractivity contribution in [2.45, 2.75) is 65.1 Å². The van der Waals surface area contributed by atoms with Crippen molar-refractivity contribution in [3.8, 4) is 5.75 Å². The van der Waals surface area contributed by atoms with Crippen LogP contribution in [0, 0.1) is 5.92 Å². The summed E-state index contributed by atoms with van der Waals surface area (Å²) in [6, 6.07) is 6.90. The third-order valence-corrected chi connectivity index (χ3v) is 4.96. The van der Waals surface area contributed by atoms with E-state index < -0.39 is 0 Å². The standard InChI is InChI=1S/C22H34N2O4/c1-4-27-20(17-7-5-6-8-17)13-14-23-21(25)15-24-22(26)18-9-11-19(12-10-18)28-16(2)3/h9-12,16-17,20H,4-8,13-15H2,1-3H3,(H,23,25)(H,24,26)/t20-/m0/s1. The molecule has 0 saturated heterocycles. The molecule has 156 valence electrons. The summed E-state index contributed by atoms with van der Waals surface area (Å²) in [4.78, 5) is 24.2. The van der Waals surface area contributed by atoms with E-state index in [-0.39, 0.29) is 30.6 Å². The summed E-state index contributed by atoms with van der Waals surface area (Å²) >= 11 is 0. The predicted molar refractivity (Wildman–Crippen MR) is 110 cm³/mol. The molecular formula is C22H34N2O4. The lowest BCUT2D eigenvalue weighted by Crippen LogP contribution is -2.38. The van der Waals surface area contributed by atoms with Gasteiger partial charge in [-0.15, -0.1) is 0 Å². The molecule has 0 unspecified atom stereocenters. The number of hydrogen-bond donors (Lipinski definition) is 2. The van der Waals surface area contributed by atoms with Crippen molar-refractivity contribution >= 4 is 11.8 Å². The van der Waals surface area contributed by atoms with E-state index in [2.05, 4.69) is 10.6 Å². The molecule has 1 saturated carbocycles. The number of ether oxygens (including phenoxy) is 2. The molecule has 1 aliphatic carbocycles. The highest BCUT2D eigenvalue weighted by atomic mass is 16.5. The van der Waals surface area contributed by atoms with Gasteiger partial charge in [0.05, 0.1) is 18.8 Å². The number of amides is 2. The topological polar surface area (TPSA) is 76.7 Å². The van der Waals surface area contributed by atoms with Gasteiger partial charge in [0.1, 0.15) is 5.75 Å². The highest BCUT2D eigenvalue weighted by Crippen LogP contribution is 2.30. The molecule has 2 rings (SSSR count). The van der Waals surface area contributed by atoms with E-state index >= 15 is 0 Å². The summed E-state index contributed by atoms with van der Waals surface area (Å²) in [5.74, 6) is 0.869. The Hall–Kier alpha value is -2.08. The Kier molecular flexibility index (Phi) is 9.28. The van der Waals surface area contributed by atoms with Crippen LogP contribution in [-0.4, -0.2) is 43.7 Å². The number of hydrogen-bond acceptors (Lipinski definition) is 4. The quantitative estimate of drug-likeness (QED) is 0.608. The number of carbonyl (C=O) groups is 2. The van der Waals surface area contributed by atoms with E-state index in [1.54, 1.807) is 24.3 Å². The molecule has 1 fully saturated rings. The second-order valence-electron chi connectivity index (χ2n) is 7.55. The molecule has 2 amide bonds. The van der Waals surface area contributed by atoms with Gasteiger partial charge in [0, 0.05) is 18.7 Å². The van der Waals surface area contributed by atoms with Crippen molar-refractivity contribution in [1.82, 2.24) is 10.6 Å². The summed E-state index contributed by atoms with van der Waals surface area (Å²) in [6.07, 6.45) is 6.10. The van der Waals surface area contributed by atoms with Gasteiger partial charge < -0.3 is 20.1 Å². The Balaban J connectivity index is 1.68. The maximum absolute atomic E-state index is 12.2. The monoisotopic (exact) mass is 390 g/mol. The van der Waals surface area contributed by atoms with Crippen LogP contribution in [0.4, 0.5) is 0 Å². The van der Waals surface area contributed by atoms with Crippen LogP contribution in [-0.2, 0) is 9.53 Å². The Morgan fingerprint density at radius 3 is 2.39 bits per heavy atom. The van der Waals surface area contributed by atoms with Gasteiger partial charge in [0.2, 0.25) is 5.91 Å². The normalized spacial score (nSPS) is 15.4. The molecule has 0 bridgehead atoms. The van der Waals surface area contributed by atoms with Crippen molar-refractivity contribution in [3.05, 3.63) is 29.8 Å². The first-order valence-corrected chi connectivity index (χ1v) is 10.4. The van der Waals surface area contributed by atoms with Gasteiger partial charge in [-0.05, 0) is 70.2 Å². The van der Waals surface area contributed by atoms with Crippen LogP contribution in [0.15, 0.2) is 24.3 Å². The Bertz CT molecular complexity index is 609. The zero-order valence-corrected chi connectivity index (χ0v) is 17.3. The number of nitrogens with one attached hydrogen (secondary N) is 2. The van der Waals surface area contributed by atoms with Crippen LogP contribution >= 0.6 is 0 Å². The average Bonchev–Trinajstić information content (AvgIpc) is 3.20. The first kappa shape index (κ1) is 22.2. The molecule has 0 aliphatic heterocycles. The van der Waals surface area contributed by atoms with Crippen LogP contribution in [0.2, 0.25) is 0 Å². The molecule has 2 N–H and O–H groups in total.